The molecule has 0 aliphatic rings. The highest BCUT2D eigenvalue weighted by Crippen LogP contribution is 2.20. The topological polar surface area (TPSA) is 40.5 Å². The third-order valence-corrected chi connectivity index (χ3v) is 2.85. The molecule has 1 atom stereocenters. The van der Waals surface area contributed by atoms with Crippen LogP contribution >= 0.6 is 0 Å². The second kappa shape index (κ2) is 7.42. The van der Waals surface area contributed by atoms with Crippen LogP contribution in [0.15, 0.2) is 24.3 Å². The van der Waals surface area contributed by atoms with E-state index in [1.165, 1.54) is 19.3 Å². The van der Waals surface area contributed by atoms with Gasteiger partial charge in [-0.15, -0.1) is 0 Å². The zero-order chi connectivity index (χ0) is 11.8. The standard InChI is InChI=1S/C14H22O2/c1-2-3-4-5-9-14(16)13-8-6-7-12(10-13)11-15/h6-8,10,14-16H,2-5,9,11H2,1H3. The van der Waals surface area contributed by atoms with Gasteiger partial charge < -0.3 is 10.2 Å². The summed E-state index contributed by atoms with van der Waals surface area (Å²) < 4.78 is 0. The number of hydrogen-bond donors (Lipinski definition) is 2. The number of unbranched alkanes of at least 4 members (excludes halogenated alkanes) is 3. The Bertz CT molecular complexity index is 297. The first kappa shape index (κ1) is 13.2. The summed E-state index contributed by atoms with van der Waals surface area (Å²) in [6.07, 6.45) is 5.14. The SMILES string of the molecule is CCCCCCC(O)c1cccc(CO)c1. The van der Waals surface area contributed by atoms with Gasteiger partial charge in [-0.2, -0.15) is 0 Å². The molecule has 90 valence electrons. The summed E-state index contributed by atoms with van der Waals surface area (Å²) >= 11 is 0. The van der Waals surface area contributed by atoms with E-state index in [1.54, 1.807) is 0 Å². The minimum atomic E-state index is -0.386. The Balaban J connectivity index is 2.42. The summed E-state index contributed by atoms with van der Waals surface area (Å²) in [5.41, 5.74) is 1.79. The first-order valence-electron chi connectivity index (χ1n) is 6.15. The highest BCUT2D eigenvalue weighted by Gasteiger charge is 2.07. The van der Waals surface area contributed by atoms with Crippen molar-refractivity contribution in [3.63, 3.8) is 0 Å². The van der Waals surface area contributed by atoms with Crippen LogP contribution in [-0.4, -0.2) is 10.2 Å². The molecule has 1 aromatic carbocycles. The fourth-order valence-electron chi connectivity index (χ4n) is 1.83. The smallest absolute Gasteiger partial charge is 0.0790 e. The van der Waals surface area contributed by atoms with Crippen molar-refractivity contribution in [1.82, 2.24) is 0 Å². The molecule has 0 heterocycles. The van der Waals surface area contributed by atoms with E-state index in [0.717, 1.165) is 24.0 Å². The minimum absolute atomic E-state index is 0.0381. The molecule has 0 aliphatic heterocycles. The minimum Gasteiger partial charge on any atom is -0.392 e. The number of aliphatic hydroxyl groups excluding tert-OH is 2. The van der Waals surface area contributed by atoms with Crippen molar-refractivity contribution in [3.8, 4) is 0 Å². The van der Waals surface area contributed by atoms with Crippen molar-refractivity contribution >= 4 is 0 Å². The van der Waals surface area contributed by atoms with Gasteiger partial charge in [0.05, 0.1) is 12.7 Å². The van der Waals surface area contributed by atoms with Crippen LogP contribution in [0.3, 0.4) is 0 Å². The summed E-state index contributed by atoms with van der Waals surface area (Å²) in [5, 5.41) is 19.0. The van der Waals surface area contributed by atoms with Gasteiger partial charge in [0.1, 0.15) is 0 Å². The van der Waals surface area contributed by atoms with E-state index in [1.807, 2.05) is 24.3 Å². The first-order valence-corrected chi connectivity index (χ1v) is 6.15. The van der Waals surface area contributed by atoms with Crippen molar-refractivity contribution in [2.45, 2.75) is 51.7 Å². The van der Waals surface area contributed by atoms with Gasteiger partial charge in [-0.3, -0.25) is 0 Å². The first-order chi connectivity index (χ1) is 7.77. The van der Waals surface area contributed by atoms with Crippen molar-refractivity contribution in [3.05, 3.63) is 35.4 Å². The second-order valence-electron chi connectivity index (χ2n) is 4.27. The summed E-state index contributed by atoms with van der Waals surface area (Å²) in [6, 6.07) is 7.55. The lowest BCUT2D eigenvalue weighted by Crippen LogP contribution is -1.98. The fourth-order valence-corrected chi connectivity index (χ4v) is 1.83. The molecule has 0 aliphatic carbocycles. The predicted molar refractivity (Wildman–Crippen MR) is 66.1 cm³/mol. The average molecular weight is 222 g/mol. The number of aliphatic hydroxyl groups is 2. The molecule has 0 radical (unpaired) electrons. The molecule has 0 saturated carbocycles. The van der Waals surface area contributed by atoms with Crippen LogP contribution in [0.4, 0.5) is 0 Å². The Hall–Kier alpha value is -0.860. The van der Waals surface area contributed by atoms with Crippen LogP contribution in [0.2, 0.25) is 0 Å². The van der Waals surface area contributed by atoms with E-state index in [4.69, 9.17) is 5.11 Å². The molecule has 0 amide bonds. The van der Waals surface area contributed by atoms with Gasteiger partial charge in [-0.05, 0) is 17.5 Å². The van der Waals surface area contributed by atoms with Gasteiger partial charge in [0.25, 0.3) is 0 Å². The average Bonchev–Trinajstić information content (AvgIpc) is 2.34. The number of rotatable bonds is 7. The van der Waals surface area contributed by atoms with E-state index in [2.05, 4.69) is 6.92 Å². The number of benzene rings is 1. The van der Waals surface area contributed by atoms with Gasteiger partial charge in [0, 0.05) is 0 Å². The van der Waals surface area contributed by atoms with Crippen LogP contribution in [0, 0.1) is 0 Å². The molecule has 2 N–H and O–H groups in total. The van der Waals surface area contributed by atoms with Crippen molar-refractivity contribution in [2.24, 2.45) is 0 Å². The van der Waals surface area contributed by atoms with E-state index in [0.29, 0.717) is 0 Å². The molecule has 0 saturated heterocycles. The van der Waals surface area contributed by atoms with E-state index in [9.17, 15) is 5.11 Å². The predicted octanol–water partition coefficient (Wildman–Crippen LogP) is 3.18. The molecule has 0 fully saturated rings. The Kier molecular flexibility index (Phi) is 6.12. The Labute approximate surface area is 97.9 Å². The Morgan fingerprint density at radius 1 is 1.19 bits per heavy atom. The molecule has 16 heavy (non-hydrogen) atoms. The molecule has 1 aromatic rings. The van der Waals surface area contributed by atoms with E-state index < -0.39 is 0 Å². The lowest BCUT2D eigenvalue weighted by atomic mass is 10.0. The maximum absolute atomic E-state index is 9.96. The van der Waals surface area contributed by atoms with Crippen molar-refractivity contribution < 1.29 is 10.2 Å². The van der Waals surface area contributed by atoms with Gasteiger partial charge in [-0.1, -0.05) is 56.9 Å². The van der Waals surface area contributed by atoms with Crippen LogP contribution < -0.4 is 0 Å². The van der Waals surface area contributed by atoms with Crippen LogP contribution in [0.25, 0.3) is 0 Å². The molecular formula is C14H22O2. The van der Waals surface area contributed by atoms with Crippen molar-refractivity contribution in [2.75, 3.05) is 0 Å². The monoisotopic (exact) mass is 222 g/mol. The molecular weight excluding hydrogens is 200 g/mol. The third kappa shape index (κ3) is 4.33. The Morgan fingerprint density at radius 2 is 2.00 bits per heavy atom. The summed E-state index contributed by atoms with van der Waals surface area (Å²) in [4.78, 5) is 0. The highest BCUT2D eigenvalue weighted by atomic mass is 16.3. The lowest BCUT2D eigenvalue weighted by molar-refractivity contribution is 0.163. The maximum atomic E-state index is 9.96. The molecule has 1 unspecified atom stereocenters. The van der Waals surface area contributed by atoms with E-state index in [-0.39, 0.29) is 12.7 Å². The second-order valence-corrected chi connectivity index (χ2v) is 4.27. The zero-order valence-corrected chi connectivity index (χ0v) is 10.0. The maximum Gasteiger partial charge on any atom is 0.0790 e. The van der Waals surface area contributed by atoms with Crippen LogP contribution in [0.5, 0.6) is 0 Å². The lowest BCUT2D eigenvalue weighted by Gasteiger charge is -2.11. The van der Waals surface area contributed by atoms with Gasteiger partial charge >= 0.3 is 0 Å². The van der Waals surface area contributed by atoms with Crippen LogP contribution in [0.1, 0.15) is 56.3 Å². The summed E-state index contributed by atoms with van der Waals surface area (Å²) in [7, 11) is 0. The Morgan fingerprint density at radius 3 is 2.69 bits per heavy atom. The highest BCUT2D eigenvalue weighted by molar-refractivity contribution is 5.24. The molecule has 0 bridgehead atoms. The normalized spacial score (nSPS) is 12.7. The van der Waals surface area contributed by atoms with Gasteiger partial charge in [-0.25, -0.2) is 0 Å². The van der Waals surface area contributed by atoms with Crippen LogP contribution in [-0.2, 0) is 6.61 Å². The molecule has 0 spiro atoms. The molecule has 0 aromatic heterocycles. The summed E-state index contributed by atoms with van der Waals surface area (Å²) in [5.74, 6) is 0. The largest absolute Gasteiger partial charge is 0.392 e. The van der Waals surface area contributed by atoms with Gasteiger partial charge in [0.2, 0.25) is 0 Å². The zero-order valence-electron chi connectivity index (χ0n) is 10.0. The number of hydrogen-bond acceptors (Lipinski definition) is 2. The van der Waals surface area contributed by atoms with Crippen molar-refractivity contribution in [1.29, 1.82) is 0 Å². The molecule has 2 heteroatoms. The summed E-state index contributed by atoms with van der Waals surface area (Å²) in [6.45, 7) is 2.22. The quantitative estimate of drug-likeness (QED) is 0.696. The van der Waals surface area contributed by atoms with E-state index >= 15 is 0 Å². The molecule has 2 nitrogen and oxygen atoms in total. The third-order valence-electron chi connectivity index (χ3n) is 2.85. The fraction of sp³-hybridized carbons (Fsp3) is 0.571. The van der Waals surface area contributed by atoms with Gasteiger partial charge in [0.15, 0.2) is 0 Å². The molecule has 1 rings (SSSR count).